The predicted molar refractivity (Wildman–Crippen MR) is 140 cm³/mol. The number of hydrogen-bond acceptors (Lipinski definition) is 6. The average molecular weight is 529 g/mol. The van der Waals surface area contributed by atoms with Gasteiger partial charge in [0.1, 0.15) is 24.3 Å². The zero-order valence-corrected chi connectivity index (χ0v) is 21.2. The largest absolute Gasteiger partial charge is 0.530 e. The summed E-state index contributed by atoms with van der Waals surface area (Å²) in [4.78, 5) is 12.9. The molecule has 200 valence electrons. The lowest BCUT2D eigenvalue weighted by Crippen LogP contribution is -2.51. The van der Waals surface area contributed by atoms with E-state index in [-0.39, 0.29) is 31.7 Å². The van der Waals surface area contributed by atoms with Crippen molar-refractivity contribution >= 4 is 16.9 Å². The second-order valence-electron chi connectivity index (χ2n) is 9.80. The van der Waals surface area contributed by atoms with E-state index in [0.29, 0.717) is 25.3 Å². The van der Waals surface area contributed by atoms with Crippen LogP contribution in [0.3, 0.4) is 0 Å². The number of nitrogens with zero attached hydrogens (tertiary/aromatic N) is 1. The van der Waals surface area contributed by atoms with Gasteiger partial charge in [0.25, 0.3) is 0 Å². The zero-order chi connectivity index (χ0) is 26.8. The molecular weight excluding hydrogens is 501 g/mol. The van der Waals surface area contributed by atoms with E-state index >= 15 is 0 Å². The van der Waals surface area contributed by atoms with Crippen LogP contribution in [0.1, 0.15) is 29.0 Å². The van der Waals surface area contributed by atoms with Crippen molar-refractivity contribution in [3.8, 4) is 17.2 Å². The Kier molecular flexibility index (Phi) is 6.94. The minimum atomic E-state index is -1.22. The number of ether oxygens (including phenoxy) is 4. The summed E-state index contributed by atoms with van der Waals surface area (Å²) in [5.74, 6) is 1.77. The molecule has 2 aliphatic rings. The highest BCUT2D eigenvalue weighted by molar-refractivity contribution is 5.89. The summed E-state index contributed by atoms with van der Waals surface area (Å²) in [6.45, 7) is 1.36. The van der Waals surface area contributed by atoms with Crippen molar-refractivity contribution in [2.24, 2.45) is 0 Å². The standard InChI is InChI=1S/C31H28FNO6/c32-24-8-6-22(7-9-24)26-11-12-33(31(34)35)16-30(26)37-18-21-13-23-3-1-2-4-25(23)28(15-21)36-17-20-5-10-27-29(14-20)39-19-38-27/h1-10,13-15,26,30H,11-12,16-19H2,(H,34,35)/p-1. The summed E-state index contributed by atoms with van der Waals surface area (Å²) in [6, 6.07) is 24.0. The molecule has 4 aromatic carbocycles. The summed E-state index contributed by atoms with van der Waals surface area (Å²) in [7, 11) is 0. The van der Waals surface area contributed by atoms with Crippen molar-refractivity contribution in [3.63, 3.8) is 0 Å². The molecule has 0 aromatic heterocycles. The van der Waals surface area contributed by atoms with E-state index in [4.69, 9.17) is 18.9 Å². The molecular formula is C31H27FNO6-. The van der Waals surface area contributed by atoms with Crippen LogP contribution in [0, 0.1) is 5.82 Å². The summed E-state index contributed by atoms with van der Waals surface area (Å²) in [5.41, 5.74) is 2.78. The van der Waals surface area contributed by atoms with Gasteiger partial charge >= 0.3 is 0 Å². The number of benzene rings is 4. The van der Waals surface area contributed by atoms with Gasteiger partial charge in [-0.3, -0.25) is 0 Å². The summed E-state index contributed by atoms with van der Waals surface area (Å²) in [6.07, 6.45) is -1.07. The smallest absolute Gasteiger partial charge is 0.231 e. The van der Waals surface area contributed by atoms with E-state index in [0.717, 1.165) is 39.0 Å². The Bertz CT molecular complexity index is 1490. The molecule has 2 unspecified atom stereocenters. The number of hydrogen-bond donors (Lipinski definition) is 0. The van der Waals surface area contributed by atoms with Crippen molar-refractivity contribution in [3.05, 3.63) is 101 Å². The van der Waals surface area contributed by atoms with Crippen LogP contribution in [0.15, 0.2) is 78.9 Å². The third kappa shape index (κ3) is 5.47. The monoisotopic (exact) mass is 528 g/mol. The van der Waals surface area contributed by atoms with Gasteiger partial charge < -0.3 is 33.7 Å². The lowest BCUT2D eigenvalue weighted by atomic mass is 9.87. The normalized spacial score (nSPS) is 18.3. The van der Waals surface area contributed by atoms with Crippen LogP contribution >= 0.6 is 0 Å². The quantitative estimate of drug-likeness (QED) is 0.336. The summed E-state index contributed by atoms with van der Waals surface area (Å²) in [5, 5.41) is 13.6. The van der Waals surface area contributed by atoms with E-state index in [1.165, 1.54) is 17.0 Å². The molecule has 2 heterocycles. The number of amides is 1. The molecule has 0 radical (unpaired) electrons. The van der Waals surface area contributed by atoms with Crippen LogP contribution in [0.25, 0.3) is 10.8 Å². The van der Waals surface area contributed by atoms with E-state index < -0.39 is 12.2 Å². The highest BCUT2D eigenvalue weighted by atomic mass is 19.1. The van der Waals surface area contributed by atoms with Crippen molar-refractivity contribution < 1.29 is 33.2 Å². The Balaban J connectivity index is 1.22. The molecule has 0 saturated carbocycles. The van der Waals surface area contributed by atoms with Gasteiger partial charge in [-0.1, -0.05) is 42.5 Å². The molecule has 0 N–H and O–H groups in total. The Morgan fingerprint density at radius 2 is 1.77 bits per heavy atom. The number of carbonyl (C=O) groups is 1. The molecule has 1 fully saturated rings. The molecule has 1 saturated heterocycles. The van der Waals surface area contributed by atoms with Gasteiger partial charge in [-0.05, 0) is 64.9 Å². The average Bonchev–Trinajstić information content (AvgIpc) is 3.43. The van der Waals surface area contributed by atoms with Crippen LogP contribution in [0.2, 0.25) is 0 Å². The lowest BCUT2D eigenvalue weighted by molar-refractivity contribution is -0.268. The molecule has 6 rings (SSSR count). The maximum atomic E-state index is 13.5. The molecule has 0 bridgehead atoms. The summed E-state index contributed by atoms with van der Waals surface area (Å²) < 4.78 is 37.0. The fourth-order valence-electron chi connectivity index (χ4n) is 5.28. The predicted octanol–water partition coefficient (Wildman–Crippen LogP) is 5.00. The molecule has 2 atom stereocenters. The van der Waals surface area contributed by atoms with Crippen LogP contribution in [0.4, 0.5) is 9.18 Å². The fourth-order valence-corrected chi connectivity index (χ4v) is 5.28. The van der Waals surface area contributed by atoms with E-state index in [1.807, 2.05) is 48.5 Å². The molecule has 39 heavy (non-hydrogen) atoms. The highest BCUT2D eigenvalue weighted by Gasteiger charge is 2.31. The number of halogens is 1. The molecule has 1 amide bonds. The van der Waals surface area contributed by atoms with Crippen molar-refractivity contribution in [2.75, 3.05) is 19.9 Å². The van der Waals surface area contributed by atoms with Gasteiger partial charge in [0, 0.05) is 24.4 Å². The minimum Gasteiger partial charge on any atom is -0.530 e. The van der Waals surface area contributed by atoms with Crippen molar-refractivity contribution in [1.82, 2.24) is 4.90 Å². The first-order valence-electron chi connectivity index (χ1n) is 12.9. The van der Waals surface area contributed by atoms with Crippen LogP contribution in [-0.2, 0) is 18.0 Å². The first kappa shape index (κ1) is 25.0. The first-order chi connectivity index (χ1) is 19.0. The Labute approximate surface area is 225 Å². The van der Waals surface area contributed by atoms with Gasteiger partial charge in [-0.15, -0.1) is 0 Å². The van der Waals surface area contributed by atoms with E-state index in [2.05, 4.69) is 6.07 Å². The number of likely N-dealkylation sites (tertiary alicyclic amines) is 1. The van der Waals surface area contributed by atoms with Crippen molar-refractivity contribution in [1.29, 1.82) is 0 Å². The first-order valence-corrected chi connectivity index (χ1v) is 12.9. The Morgan fingerprint density at radius 3 is 2.62 bits per heavy atom. The third-order valence-corrected chi connectivity index (χ3v) is 7.29. The van der Waals surface area contributed by atoms with Crippen LogP contribution in [0.5, 0.6) is 17.2 Å². The number of fused-ring (bicyclic) bond motifs is 2. The van der Waals surface area contributed by atoms with Gasteiger partial charge in [-0.2, -0.15) is 0 Å². The molecule has 2 aliphatic heterocycles. The second-order valence-corrected chi connectivity index (χ2v) is 9.80. The minimum absolute atomic E-state index is 0.0663. The fraction of sp³-hybridized carbons (Fsp3) is 0.258. The van der Waals surface area contributed by atoms with E-state index in [1.54, 1.807) is 12.1 Å². The van der Waals surface area contributed by atoms with Gasteiger partial charge in [0.2, 0.25) is 6.79 Å². The SMILES string of the molecule is O=C([O-])N1CCC(c2ccc(F)cc2)C(OCc2cc(OCc3ccc4c(c3)OCO4)c3ccccc3c2)C1. The molecule has 0 aliphatic carbocycles. The number of carbonyl (C=O) groups excluding carboxylic acids is 1. The number of carboxylic acid groups (broad SMARTS) is 1. The Morgan fingerprint density at radius 1 is 0.949 bits per heavy atom. The van der Waals surface area contributed by atoms with Gasteiger partial charge in [-0.25, -0.2) is 4.39 Å². The maximum Gasteiger partial charge on any atom is 0.231 e. The van der Waals surface area contributed by atoms with Crippen LogP contribution < -0.4 is 19.3 Å². The molecule has 7 nitrogen and oxygen atoms in total. The van der Waals surface area contributed by atoms with Gasteiger partial charge in [0.05, 0.1) is 12.7 Å². The number of piperidine rings is 1. The van der Waals surface area contributed by atoms with E-state index in [9.17, 15) is 14.3 Å². The van der Waals surface area contributed by atoms with Crippen molar-refractivity contribution in [2.45, 2.75) is 31.7 Å². The lowest BCUT2D eigenvalue weighted by Gasteiger charge is -2.40. The topological polar surface area (TPSA) is 80.3 Å². The second kappa shape index (κ2) is 10.8. The van der Waals surface area contributed by atoms with Crippen LogP contribution in [-0.4, -0.2) is 37.0 Å². The molecule has 8 heteroatoms. The molecule has 0 spiro atoms. The molecule has 4 aromatic rings. The Hall–Kier alpha value is -4.30. The summed E-state index contributed by atoms with van der Waals surface area (Å²) >= 11 is 0. The van der Waals surface area contributed by atoms with Gasteiger partial charge in [0.15, 0.2) is 11.5 Å². The maximum absolute atomic E-state index is 13.5. The zero-order valence-electron chi connectivity index (χ0n) is 21.2. The number of rotatable bonds is 7. The third-order valence-electron chi connectivity index (χ3n) is 7.29. The highest BCUT2D eigenvalue weighted by Crippen LogP contribution is 2.35.